The molecule has 0 spiro atoms. The number of esters is 2. The van der Waals surface area contributed by atoms with Crippen molar-refractivity contribution in [3.05, 3.63) is 12.7 Å². The minimum atomic E-state index is -4.07. The van der Waals surface area contributed by atoms with Crippen molar-refractivity contribution >= 4 is 22.1 Å². The zero-order valence-electron chi connectivity index (χ0n) is 7.13. The summed E-state index contributed by atoms with van der Waals surface area (Å²) >= 11 is 0. The highest BCUT2D eigenvalue weighted by molar-refractivity contribution is 7.88. The van der Waals surface area contributed by atoms with Crippen LogP contribution in [0.2, 0.25) is 0 Å². The van der Waals surface area contributed by atoms with E-state index in [9.17, 15) is 18.0 Å². The van der Waals surface area contributed by atoms with Crippen LogP contribution in [0.25, 0.3) is 0 Å². The lowest BCUT2D eigenvalue weighted by atomic mass is 10.4. The normalized spacial score (nSPS) is 22.1. The molecule has 0 aromatic carbocycles. The molecule has 0 aromatic heterocycles. The molecular weight excluding hydrogens is 212 g/mol. The molecule has 0 amide bonds. The monoisotopic (exact) mass is 220 g/mol. The molecule has 0 saturated carbocycles. The Bertz CT molecular complexity index is 368. The summed E-state index contributed by atoms with van der Waals surface area (Å²) in [4.78, 5) is 21.5. The van der Waals surface area contributed by atoms with E-state index in [0.29, 0.717) is 0 Å². The second-order valence-electron chi connectivity index (χ2n) is 2.55. The fraction of sp³-hybridized carbons (Fsp3) is 0.429. The average Bonchev–Trinajstić information content (AvgIpc) is 2.42. The highest BCUT2D eigenvalue weighted by Crippen LogP contribution is 2.18. The molecule has 0 bridgehead atoms. The predicted octanol–water partition coefficient (Wildman–Crippen LogP) is -0.639. The predicted molar refractivity (Wildman–Crippen MR) is 44.6 cm³/mol. The van der Waals surface area contributed by atoms with Gasteiger partial charge in [0.2, 0.25) is 0 Å². The topological polar surface area (TPSA) is 86.7 Å². The number of cyclic esters (lactones) is 2. The highest BCUT2D eigenvalue weighted by atomic mass is 32.2. The Morgan fingerprint density at radius 1 is 1.57 bits per heavy atom. The van der Waals surface area contributed by atoms with Crippen LogP contribution in [0.5, 0.6) is 0 Å². The average molecular weight is 220 g/mol. The Labute approximate surface area is 80.6 Å². The minimum absolute atomic E-state index is 0.236. The lowest BCUT2D eigenvalue weighted by Gasteiger charge is -2.05. The molecule has 0 N–H and O–H groups in total. The van der Waals surface area contributed by atoms with E-state index in [4.69, 9.17) is 0 Å². The highest BCUT2D eigenvalue weighted by Gasteiger charge is 2.43. The molecule has 78 valence electrons. The second-order valence-corrected chi connectivity index (χ2v) is 4.34. The first-order valence-corrected chi connectivity index (χ1v) is 5.18. The Kier molecular flexibility index (Phi) is 3.02. The molecule has 1 unspecified atom stereocenters. The maximum absolute atomic E-state index is 11.2. The summed E-state index contributed by atoms with van der Waals surface area (Å²) in [5.41, 5.74) is 0. The van der Waals surface area contributed by atoms with Gasteiger partial charge in [0, 0.05) is 0 Å². The van der Waals surface area contributed by atoms with Gasteiger partial charge < -0.3 is 4.74 Å². The summed E-state index contributed by atoms with van der Waals surface area (Å²) in [6.45, 7) is 3.02. The summed E-state index contributed by atoms with van der Waals surface area (Å²) in [6.07, 6.45) is 0.734. The van der Waals surface area contributed by atoms with E-state index in [1.165, 1.54) is 6.08 Å². The van der Waals surface area contributed by atoms with Crippen molar-refractivity contribution in [2.75, 3.05) is 6.61 Å². The van der Waals surface area contributed by atoms with Crippen molar-refractivity contribution in [2.24, 2.45) is 0 Å². The van der Waals surface area contributed by atoms with E-state index in [-0.39, 0.29) is 6.61 Å². The van der Waals surface area contributed by atoms with Crippen LogP contribution in [-0.2, 0) is 28.6 Å². The van der Waals surface area contributed by atoms with Crippen LogP contribution >= 0.6 is 0 Å². The quantitative estimate of drug-likeness (QED) is 0.271. The number of rotatable bonds is 4. The lowest BCUT2D eigenvalue weighted by molar-refractivity contribution is -0.151. The van der Waals surface area contributed by atoms with Gasteiger partial charge in [-0.05, 0) is 0 Å². The van der Waals surface area contributed by atoms with Crippen LogP contribution in [0.15, 0.2) is 12.7 Å². The van der Waals surface area contributed by atoms with Crippen molar-refractivity contribution < 1.29 is 26.9 Å². The molecule has 1 atom stereocenters. The Morgan fingerprint density at radius 2 is 2.21 bits per heavy atom. The van der Waals surface area contributed by atoms with Crippen LogP contribution in [0.4, 0.5) is 0 Å². The zero-order valence-corrected chi connectivity index (χ0v) is 7.95. The molecule has 0 radical (unpaired) electrons. The lowest BCUT2D eigenvalue weighted by Crippen LogP contribution is -2.27. The van der Waals surface area contributed by atoms with Gasteiger partial charge in [-0.25, -0.2) is 0 Å². The maximum atomic E-state index is 11.2. The molecule has 1 aliphatic rings. The molecule has 0 aromatic rings. The second kappa shape index (κ2) is 3.89. The van der Waals surface area contributed by atoms with Crippen LogP contribution in [0.3, 0.4) is 0 Å². The SMILES string of the molecule is C=CCOS(=O)(=O)C1CC(=O)OC1=O. The molecule has 1 rings (SSSR count). The van der Waals surface area contributed by atoms with Gasteiger partial charge >= 0.3 is 11.9 Å². The summed E-state index contributed by atoms with van der Waals surface area (Å²) in [5.74, 6) is -1.94. The minimum Gasteiger partial charge on any atom is -0.392 e. The largest absolute Gasteiger partial charge is 0.392 e. The van der Waals surface area contributed by atoms with E-state index in [1.807, 2.05) is 0 Å². The maximum Gasteiger partial charge on any atom is 0.335 e. The number of hydrogen-bond acceptors (Lipinski definition) is 6. The Balaban J connectivity index is 2.78. The van der Waals surface area contributed by atoms with Gasteiger partial charge in [0.25, 0.3) is 10.1 Å². The van der Waals surface area contributed by atoms with Gasteiger partial charge in [-0.15, -0.1) is 6.58 Å². The van der Waals surface area contributed by atoms with Gasteiger partial charge in [-0.1, -0.05) is 6.08 Å². The van der Waals surface area contributed by atoms with E-state index in [0.717, 1.165) is 0 Å². The van der Waals surface area contributed by atoms with Crippen molar-refractivity contribution in [3.63, 3.8) is 0 Å². The third-order valence-corrected chi connectivity index (χ3v) is 3.05. The zero-order chi connectivity index (χ0) is 10.8. The van der Waals surface area contributed by atoms with Gasteiger partial charge in [0.05, 0.1) is 13.0 Å². The molecule has 6 nitrogen and oxygen atoms in total. The summed E-state index contributed by atoms with van der Waals surface area (Å²) in [7, 11) is -4.07. The summed E-state index contributed by atoms with van der Waals surface area (Å²) in [6, 6.07) is 0. The van der Waals surface area contributed by atoms with Crippen molar-refractivity contribution in [2.45, 2.75) is 11.7 Å². The van der Waals surface area contributed by atoms with E-state index in [2.05, 4.69) is 15.5 Å². The summed E-state index contributed by atoms with van der Waals surface area (Å²) in [5, 5.41) is -1.53. The van der Waals surface area contributed by atoms with Gasteiger partial charge in [-0.2, -0.15) is 8.42 Å². The molecule has 1 saturated heterocycles. The van der Waals surface area contributed by atoms with Crippen LogP contribution in [-0.4, -0.2) is 32.2 Å². The number of ether oxygens (including phenoxy) is 1. The van der Waals surface area contributed by atoms with E-state index >= 15 is 0 Å². The molecule has 7 heteroatoms. The van der Waals surface area contributed by atoms with Crippen molar-refractivity contribution in [1.82, 2.24) is 0 Å². The first kappa shape index (κ1) is 10.9. The van der Waals surface area contributed by atoms with Crippen LogP contribution in [0.1, 0.15) is 6.42 Å². The number of carbonyl (C=O) groups is 2. The first-order valence-electron chi connectivity index (χ1n) is 3.71. The standard InChI is InChI=1S/C7H8O6S/c1-2-3-12-14(10,11)5-4-6(8)13-7(5)9/h2,5H,1,3-4H2. The van der Waals surface area contributed by atoms with Gasteiger partial charge in [0.15, 0.2) is 5.25 Å². The molecule has 1 aliphatic heterocycles. The third-order valence-electron chi connectivity index (χ3n) is 1.53. The molecule has 1 fully saturated rings. The van der Waals surface area contributed by atoms with E-state index in [1.54, 1.807) is 0 Å². The molecule has 1 heterocycles. The van der Waals surface area contributed by atoms with Gasteiger partial charge in [-0.3, -0.25) is 13.8 Å². The Hall–Kier alpha value is -1.21. The van der Waals surface area contributed by atoms with Crippen molar-refractivity contribution in [3.8, 4) is 0 Å². The molecular formula is C7H8O6S. The fourth-order valence-corrected chi connectivity index (χ4v) is 1.97. The van der Waals surface area contributed by atoms with Crippen molar-refractivity contribution in [1.29, 1.82) is 0 Å². The van der Waals surface area contributed by atoms with Crippen LogP contribution in [0, 0.1) is 0 Å². The van der Waals surface area contributed by atoms with Gasteiger partial charge in [0.1, 0.15) is 0 Å². The fourth-order valence-electron chi connectivity index (χ4n) is 0.899. The number of hydrogen-bond donors (Lipinski definition) is 0. The smallest absolute Gasteiger partial charge is 0.335 e. The number of carbonyl (C=O) groups excluding carboxylic acids is 2. The molecule has 0 aliphatic carbocycles. The summed E-state index contributed by atoms with van der Waals surface area (Å²) < 4.78 is 30.9. The van der Waals surface area contributed by atoms with Crippen LogP contribution < -0.4 is 0 Å². The third kappa shape index (κ3) is 2.18. The molecule has 14 heavy (non-hydrogen) atoms. The Morgan fingerprint density at radius 3 is 2.64 bits per heavy atom. The van der Waals surface area contributed by atoms with E-state index < -0.39 is 33.7 Å². The first-order chi connectivity index (χ1) is 6.47.